The van der Waals surface area contributed by atoms with E-state index >= 15 is 0 Å². The molecule has 0 amide bonds. The van der Waals surface area contributed by atoms with Gasteiger partial charge in [0.2, 0.25) is 0 Å². The van der Waals surface area contributed by atoms with Crippen molar-refractivity contribution in [1.82, 2.24) is 0 Å². The van der Waals surface area contributed by atoms with E-state index in [0.29, 0.717) is 0 Å². The van der Waals surface area contributed by atoms with Gasteiger partial charge >= 0.3 is 0 Å². The normalized spacial score (nSPS) is 11.7. The number of carboxylic acids is 1. The first-order valence-corrected chi connectivity index (χ1v) is 1.61. The fourth-order valence-corrected chi connectivity index (χ4v) is 0. The van der Waals surface area contributed by atoms with Gasteiger partial charge in [0.15, 0.2) is 0 Å². The van der Waals surface area contributed by atoms with Crippen LogP contribution >= 0.6 is 12.4 Å². The quantitative estimate of drug-likeness (QED) is 0.463. The summed E-state index contributed by atoms with van der Waals surface area (Å²) < 4.78 is 0. The molecule has 0 aliphatic heterocycles. The molecule has 0 aromatic carbocycles. The van der Waals surface area contributed by atoms with E-state index in [2.05, 4.69) is 0 Å². The molecule has 7 heavy (non-hydrogen) atoms. The van der Waals surface area contributed by atoms with Crippen molar-refractivity contribution >= 4 is 18.4 Å². The van der Waals surface area contributed by atoms with Crippen LogP contribution in [0.25, 0.3) is 0 Å². The Balaban J connectivity index is 0. The zero-order valence-electron chi connectivity index (χ0n) is 3.88. The zero-order chi connectivity index (χ0) is 5.15. The topological polar surface area (TPSA) is 66.2 Å². The number of aliphatic carboxylic acids is 1. The molecule has 0 aliphatic carbocycles. The highest BCUT2D eigenvalue weighted by Crippen LogP contribution is 1.63. The molecule has 1 atom stereocenters. The SMILES string of the molecule is CC(N)C(=O)[O-].Cl. The van der Waals surface area contributed by atoms with Gasteiger partial charge in [-0.25, -0.2) is 0 Å². The monoisotopic (exact) mass is 124 g/mol. The molecule has 0 heterocycles. The Morgan fingerprint density at radius 1 is 1.86 bits per heavy atom. The van der Waals surface area contributed by atoms with Crippen LogP contribution in [0.1, 0.15) is 6.92 Å². The summed E-state index contributed by atoms with van der Waals surface area (Å²) in [7, 11) is 0. The highest BCUT2D eigenvalue weighted by molar-refractivity contribution is 5.85. The van der Waals surface area contributed by atoms with Gasteiger partial charge in [-0.1, -0.05) is 0 Å². The molecule has 0 aliphatic rings. The van der Waals surface area contributed by atoms with E-state index in [-0.39, 0.29) is 12.4 Å². The molecule has 2 N–H and O–H groups in total. The maximum atomic E-state index is 9.46. The van der Waals surface area contributed by atoms with Crippen molar-refractivity contribution in [2.45, 2.75) is 13.0 Å². The van der Waals surface area contributed by atoms with Gasteiger partial charge in [-0.2, -0.15) is 0 Å². The first-order chi connectivity index (χ1) is 2.64. The van der Waals surface area contributed by atoms with E-state index in [1.54, 1.807) is 0 Å². The Morgan fingerprint density at radius 3 is 2.00 bits per heavy atom. The van der Waals surface area contributed by atoms with Crippen LogP contribution in [-0.2, 0) is 4.79 Å². The fourth-order valence-electron chi connectivity index (χ4n) is 0. The summed E-state index contributed by atoms with van der Waals surface area (Å²) in [6, 6.07) is -0.843. The Kier molecular flexibility index (Phi) is 5.49. The Bertz CT molecular complexity index is 64.0. The molecule has 1 unspecified atom stereocenters. The average molecular weight is 125 g/mol. The highest BCUT2D eigenvalue weighted by atomic mass is 35.5. The number of nitrogens with two attached hydrogens (primary N) is 1. The maximum absolute atomic E-state index is 9.46. The molecule has 4 heteroatoms. The van der Waals surface area contributed by atoms with Gasteiger partial charge in [-0.05, 0) is 6.92 Å². The third-order valence-corrected chi connectivity index (χ3v) is 0.372. The Morgan fingerprint density at radius 2 is 2.00 bits per heavy atom. The summed E-state index contributed by atoms with van der Waals surface area (Å²) in [6.45, 7) is 1.36. The van der Waals surface area contributed by atoms with Crippen LogP contribution in [0.2, 0.25) is 0 Å². The van der Waals surface area contributed by atoms with Crippen molar-refractivity contribution in [3.63, 3.8) is 0 Å². The lowest BCUT2D eigenvalue weighted by Gasteiger charge is -2.01. The van der Waals surface area contributed by atoms with Crippen LogP contribution < -0.4 is 10.8 Å². The predicted molar refractivity (Wildman–Crippen MR) is 25.9 cm³/mol. The second-order valence-electron chi connectivity index (χ2n) is 1.11. The van der Waals surface area contributed by atoms with Crippen LogP contribution in [-0.4, -0.2) is 12.0 Å². The molecule has 0 bridgehead atoms. The van der Waals surface area contributed by atoms with Gasteiger partial charge in [-0.3, -0.25) is 0 Å². The minimum atomic E-state index is -1.21. The predicted octanol–water partition coefficient (Wildman–Crippen LogP) is -1.49. The second-order valence-corrected chi connectivity index (χ2v) is 1.11. The Hall–Kier alpha value is -0.280. The van der Waals surface area contributed by atoms with Crippen LogP contribution in [0.4, 0.5) is 0 Å². The number of halogens is 1. The number of rotatable bonds is 1. The van der Waals surface area contributed by atoms with Gasteiger partial charge < -0.3 is 15.6 Å². The maximum Gasteiger partial charge on any atom is 0.0579 e. The van der Waals surface area contributed by atoms with Gasteiger partial charge in [0, 0.05) is 6.04 Å². The lowest BCUT2D eigenvalue weighted by atomic mass is 10.4. The van der Waals surface area contributed by atoms with Gasteiger partial charge in [-0.15, -0.1) is 12.4 Å². The Labute approximate surface area is 47.9 Å². The molecule has 0 aromatic rings. The molecule has 0 saturated carbocycles. The first-order valence-electron chi connectivity index (χ1n) is 1.61. The van der Waals surface area contributed by atoms with E-state index in [1.807, 2.05) is 0 Å². The van der Waals surface area contributed by atoms with E-state index in [0.717, 1.165) is 0 Å². The summed E-state index contributed by atoms with van der Waals surface area (Å²) >= 11 is 0. The van der Waals surface area contributed by atoms with Crippen molar-refractivity contribution in [3.05, 3.63) is 0 Å². The second kappa shape index (κ2) is 3.89. The summed E-state index contributed by atoms with van der Waals surface area (Å²) in [4.78, 5) is 9.46. The van der Waals surface area contributed by atoms with Crippen molar-refractivity contribution in [2.75, 3.05) is 0 Å². The molecular weight excluding hydrogens is 117 g/mol. The van der Waals surface area contributed by atoms with Crippen molar-refractivity contribution in [1.29, 1.82) is 0 Å². The zero-order valence-corrected chi connectivity index (χ0v) is 4.70. The average Bonchev–Trinajstić information content (AvgIpc) is 1.36. The van der Waals surface area contributed by atoms with Crippen LogP contribution in [0.5, 0.6) is 0 Å². The third-order valence-electron chi connectivity index (χ3n) is 0.372. The molecule has 0 fully saturated rings. The first kappa shape index (κ1) is 9.87. The molecule has 3 nitrogen and oxygen atoms in total. The van der Waals surface area contributed by atoms with Crippen molar-refractivity contribution in [3.8, 4) is 0 Å². The van der Waals surface area contributed by atoms with E-state index in [1.165, 1.54) is 6.92 Å². The molecule has 0 rings (SSSR count). The lowest BCUT2D eigenvalue weighted by molar-refractivity contribution is -0.306. The number of carboxylic acid groups (broad SMARTS) is 1. The summed E-state index contributed by atoms with van der Waals surface area (Å²) in [6.07, 6.45) is 0. The number of hydrogen-bond acceptors (Lipinski definition) is 3. The largest absolute Gasteiger partial charge is 0.548 e. The fraction of sp³-hybridized carbons (Fsp3) is 0.667. The molecule has 0 saturated heterocycles. The minimum Gasteiger partial charge on any atom is -0.548 e. The van der Waals surface area contributed by atoms with Crippen LogP contribution in [0.15, 0.2) is 0 Å². The molecule has 0 radical (unpaired) electrons. The summed E-state index contributed by atoms with van der Waals surface area (Å²) in [5, 5.41) is 9.46. The van der Waals surface area contributed by atoms with E-state index < -0.39 is 12.0 Å². The van der Waals surface area contributed by atoms with E-state index in [4.69, 9.17) is 5.73 Å². The molecular formula is C3H7ClNO2-. The van der Waals surface area contributed by atoms with Gasteiger partial charge in [0.1, 0.15) is 0 Å². The summed E-state index contributed by atoms with van der Waals surface area (Å²) in [5.41, 5.74) is 4.77. The highest BCUT2D eigenvalue weighted by Gasteiger charge is 1.87. The van der Waals surface area contributed by atoms with Crippen molar-refractivity contribution in [2.24, 2.45) is 5.73 Å². The summed E-state index contributed by atoms with van der Waals surface area (Å²) in [5.74, 6) is -1.21. The molecule has 0 spiro atoms. The molecule has 0 aromatic heterocycles. The van der Waals surface area contributed by atoms with Gasteiger partial charge in [0.25, 0.3) is 0 Å². The van der Waals surface area contributed by atoms with E-state index in [9.17, 15) is 9.90 Å². The lowest BCUT2D eigenvalue weighted by Crippen LogP contribution is -2.39. The van der Waals surface area contributed by atoms with Crippen molar-refractivity contribution < 1.29 is 9.90 Å². The smallest absolute Gasteiger partial charge is 0.0579 e. The number of carbonyl (C=O) groups is 1. The van der Waals surface area contributed by atoms with Gasteiger partial charge in [0.05, 0.1) is 5.97 Å². The third kappa shape index (κ3) is 5.72. The minimum absolute atomic E-state index is 0. The standard InChI is InChI=1S/C3H7NO2.ClH/c1-2(4)3(5)6;/h2H,4H2,1H3,(H,5,6);1H/p-1. The van der Waals surface area contributed by atoms with Crippen LogP contribution in [0, 0.1) is 0 Å². The number of carbonyl (C=O) groups excluding carboxylic acids is 1. The number of hydrogen-bond donors (Lipinski definition) is 1. The molecule has 44 valence electrons. The van der Waals surface area contributed by atoms with Crippen LogP contribution in [0.3, 0.4) is 0 Å².